The fourth-order valence-electron chi connectivity index (χ4n) is 4.95. The average molecular weight is 346 g/mol. The Bertz CT molecular complexity index is 652. The number of methoxy groups -OCH3 is 1. The van der Waals surface area contributed by atoms with Gasteiger partial charge in [-0.25, -0.2) is 0 Å². The number of likely N-dealkylation sites (tertiary alicyclic amines) is 1. The van der Waals surface area contributed by atoms with Crippen LogP contribution in [0.2, 0.25) is 0 Å². The maximum absolute atomic E-state index is 12.4. The number of carbonyl (C=O) groups excluding carboxylic acids is 1. The number of hydrogen-bond acceptors (Lipinski definition) is 5. The molecule has 4 rings (SSSR count). The summed E-state index contributed by atoms with van der Waals surface area (Å²) in [5, 5.41) is 12.7. The number of nitrogens with one attached hydrogen (secondary N) is 1. The summed E-state index contributed by atoms with van der Waals surface area (Å²) in [5.74, 6) is 1.39. The van der Waals surface area contributed by atoms with Gasteiger partial charge in [-0.15, -0.1) is 0 Å². The third-order valence-electron chi connectivity index (χ3n) is 6.10. The Morgan fingerprint density at radius 2 is 2.32 bits per heavy atom. The molecule has 0 aliphatic carbocycles. The van der Waals surface area contributed by atoms with Gasteiger partial charge in [0.2, 0.25) is 5.91 Å². The number of para-hydroxylation sites is 1. The maximum atomic E-state index is 12.4. The molecule has 2 N–H and O–H groups in total. The van der Waals surface area contributed by atoms with Crippen molar-refractivity contribution in [1.29, 1.82) is 0 Å². The Hall–Kier alpha value is -1.63. The van der Waals surface area contributed by atoms with Gasteiger partial charge >= 0.3 is 0 Å². The van der Waals surface area contributed by atoms with E-state index in [9.17, 15) is 9.90 Å². The van der Waals surface area contributed by atoms with E-state index in [0.29, 0.717) is 19.0 Å². The van der Waals surface area contributed by atoms with Crippen molar-refractivity contribution in [3.05, 3.63) is 29.8 Å². The van der Waals surface area contributed by atoms with Gasteiger partial charge in [-0.05, 0) is 18.9 Å². The predicted octanol–water partition coefficient (Wildman–Crippen LogP) is 0.783. The number of carbonyl (C=O) groups is 1. The quantitative estimate of drug-likeness (QED) is 0.797. The molecule has 0 aromatic heterocycles. The predicted molar refractivity (Wildman–Crippen MR) is 92.2 cm³/mol. The molecule has 0 unspecified atom stereocenters. The van der Waals surface area contributed by atoms with Crippen LogP contribution in [0.3, 0.4) is 0 Å². The second-order valence-electron chi connectivity index (χ2n) is 7.47. The fourth-order valence-corrected chi connectivity index (χ4v) is 4.95. The summed E-state index contributed by atoms with van der Waals surface area (Å²) in [6.45, 7) is 2.66. The molecule has 3 aliphatic rings. The molecule has 6 heteroatoms. The summed E-state index contributed by atoms with van der Waals surface area (Å²) in [5.41, 5.74) is 0.846. The van der Waals surface area contributed by atoms with E-state index < -0.39 is 0 Å². The highest BCUT2D eigenvalue weighted by Crippen LogP contribution is 2.54. The molecular formula is C19H26N2O4. The number of hydrogen-bond donors (Lipinski definition) is 2. The van der Waals surface area contributed by atoms with Crippen molar-refractivity contribution in [3.63, 3.8) is 0 Å². The van der Waals surface area contributed by atoms with E-state index in [4.69, 9.17) is 9.47 Å². The van der Waals surface area contributed by atoms with Crippen LogP contribution in [-0.2, 0) is 16.1 Å². The van der Waals surface area contributed by atoms with E-state index in [1.807, 2.05) is 24.3 Å². The molecule has 1 aromatic rings. The number of nitrogens with zero attached hydrogens (tertiary/aromatic N) is 1. The maximum Gasteiger partial charge on any atom is 0.234 e. The smallest absolute Gasteiger partial charge is 0.234 e. The Morgan fingerprint density at radius 1 is 1.48 bits per heavy atom. The lowest BCUT2D eigenvalue weighted by atomic mass is 9.74. The lowest BCUT2D eigenvalue weighted by Gasteiger charge is -2.28. The fraction of sp³-hybridized carbons (Fsp3) is 0.632. The summed E-state index contributed by atoms with van der Waals surface area (Å²) < 4.78 is 11.5. The minimum atomic E-state index is -0.124. The number of ether oxygens (including phenoxy) is 2. The third-order valence-corrected chi connectivity index (χ3v) is 6.10. The number of benzene rings is 1. The van der Waals surface area contributed by atoms with Gasteiger partial charge in [0, 0.05) is 43.6 Å². The second kappa shape index (κ2) is 6.59. The van der Waals surface area contributed by atoms with E-state index in [2.05, 4.69) is 10.2 Å². The monoisotopic (exact) mass is 346 g/mol. The molecular weight excluding hydrogens is 320 g/mol. The van der Waals surface area contributed by atoms with E-state index in [1.54, 1.807) is 7.11 Å². The first-order valence-corrected chi connectivity index (χ1v) is 9.05. The molecule has 0 saturated carbocycles. The summed E-state index contributed by atoms with van der Waals surface area (Å²) in [4.78, 5) is 14.5. The normalized spacial score (nSPS) is 33.4. The molecule has 25 heavy (non-hydrogen) atoms. The molecule has 1 spiro atoms. The molecule has 6 nitrogen and oxygen atoms in total. The van der Waals surface area contributed by atoms with Gasteiger partial charge in [0.25, 0.3) is 0 Å². The van der Waals surface area contributed by atoms with E-state index in [-0.39, 0.29) is 30.1 Å². The highest BCUT2D eigenvalue weighted by Gasteiger charge is 2.62. The van der Waals surface area contributed by atoms with Gasteiger partial charge < -0.3 is 19.9 Å². The van der Waals surface area contributed by atoms with Crippen molar-refractivity contribution in [2.75, 3.05) is 33.4 Å². The first-order valence-electron chi connectivity index (χ1n) is 9.05. The summed E-state index contributed by atoms with van der Waals surface area (Å²) >= 11 is 0. The molecule has 0 radical (unpaired) electrons. The van der Waals surface area contributed by atoms with Crippen LogP contribution in [0, 0.1) is 11.8 Å². The van der Waals surface area contributed by atoms with Crippen LogP contribution in [0.15, 0.2) is 24.3 Å². The zero-order valence-electron chi connectivity index (χ0n) is 14.6. The minimum Gasteiger partial charge on any atom is -0.496 e. The highest BCUT2D eigenvalue weighted by atomic mass is 16.5. The van der Waals surface area contributed by atoms with Crippen molar-refractivity contribution in [3.8, 4) is 5.75 Å². The minimum absolute atomic E-state index is 0.0115. The van der Waals surface area contributed by atoms with Crippen LogP contribution in [0.4, 0.5) is 0 Å². The molecule has 2 bridgehead atoms. The standard InChI is InChI=1S/C19H26N2O4/c1-24-16-5-3-2-4-13(16)8-20-18(23)10-21-9-15-14(11-22)17-6-7-19(15,12-21)25-17/h2-5,14-15,17,22H,6-12H2,1H3,(H,20,23)/t14-,15+,17+,19+/m1/s1. The molecule has 3 fully saturated rings. The third kappa shape index (κ3) is 2.92. The van der Waals surface area contributed by atoms with E-state index >= 15 is 0 Å². The Labute approximate surface area is 148 Å². The molecule has 136 valence electrons. The lowest BCUT2D eigenvalue weighted by molar-refractivity contribution is -0.122. The topological polar surface area (TPSA) is 71.0 Å². The number of fused-ring (bicyclic) bond motifs is 1. The van der Waals surface area contributed by atoms with Crippen LogP contribution in [0.5, 0.6) is 5.75 Å². The Balaban J connectivity index is 1.32. The second-order valence-corrected chi connectivity index (χ2v) is 7.47. The summed E-state index contributed by atoms with van der Waals surface area (Å²) in [6.07, 6.45) is 2.31. The van der Waals surface area contributed by atoms with Crippen molar-refractivity contribution < 1.29 is 19.4 Å². The number of aliphatic hydroxyl groups excluding tert-OH is 1. The van der Waals surface area contributed by atoms with E-state index in [0.717, 1.165) is 37.2 Å². The van der Waals surface area contributed by atoms with E-state index in [1.165, 1.54) is 0 Å². The molecule has 1 aromatic carbocycles. The van der Waals surface area contributed by atoms with Crippen LogP contribution >= 0.6 is 0 Å². The SMILES string of the molecule is COc1ccccc1CNC(=O)CN1C[C@H]2[C@@H](CO)[C@@H]3CC[C@@]2(C1)O3. The lowest BCUT2D eigenvalue weighted by Crippen LogP contribution is -2.39. The van der Waals surface area contributed by atoms with Crippen LogP contribution in [0.1, 0.15) is 18.4 Å². The van der Waals surface area contributed by atoms with Gasteiger partial charge in [-0.2, -0.15) is 0 Å². The molecule has 3 aliphatic heterocycles. The Morgan fingerprint density at radius 3 is 3.12 bits per heavy atom. The van der Waals surface area contributed by atoms with Gasteiger partial charge in [0.15, 0.2) is 0 Å². The zero-order valence-corrected chi connectivity index (χ0v) is 14.6. The first-order chi connectivity index (χ1) is 12.1. The summed E-state index contributed by atoms with van der Waals surface area (Å²) in [7, 11) is 1.63. The number of amides is 1. The Kier molecular flexibility index (Phi) is 4.43. The molecule has 3 heterocycles. The van der Waals surface area contributed by atoms with Gasteiger partial charge in [-0.1, -0.05) is 18.2 Å². The molecule has 1 amide bonds. The number of aliphatic hydroxyl groups is 1. The van der Waals surface area contributed by atoms with Crippen LogP contribution in [-0.4, -0.2) is 61.0 Å². The van der Waals surface area contributed by atoms with Crippen LogP contribution < -0.4 is 10.1 Å². The largest absolute Gasteiger partial charge is 0.496 e. The van der Waals surface area contributed by atoms with Crippen molar-refractivity contribution in [2.24, 2.45) is 11.8 Å². The number of rotatable bonds is 6. The average Bonchev–Trinajstić information content (AvgIpc) is 3.27. The van der Waals surface area contributed by atoms with Gasteiger partial charge in [0.05, 0.1) is 25.4 Å². The molecule has 3 saturated heterocycles. The van der Waals surface area contributed by atoms with Crippen LogP contribution in [0.25, 0.3) is 0 Å². The first kappa shape index (κ1) is 16.8. The molecule has 4 atom stereocenters. The zero-order chi connectivity index (χ0) is 17.4. The summed E-state index contributed by atoms with van der Waals surface area (Å²) in [6, 6.07) is 7.70. The van der Waals surface area contributed by atoms with Crippen molar-refractivity contribution in [2.45, 2.75) is 31.1 Å². The van der Waals surface area contributed by atoms with Gasteiger partial charge in [-0.3, -0.25) is 9.69 Å². The van der Waals surface area contributed by atoms with Crippen molar-refractivity contribution in [1.82, 2.24) is 10.2 Å². The van der Waals surface area contributed by atoms with Crippen molar-refractivity contribution >= 4 is 5.91 Å². The highest BCUT2D eigenvalue weighted by molar-refractivity contribution is 5.78. The van der Waals surface area contributed by atoms with Gasteiger partial charge in [0.1, 0.15) is 5.75 Å².